The molecule has 0 saturated carbocycles. The number of carbonyl (C=O) groups is 1. The number of carbonyl (C=O) groups excluding carboxylic acids is 1. The summed E-state index contributed by atoms with van der Waals surface area (Å²) in [6.45, 7) is 5.85. The highest BCUT2D eigenvalue weighted by Gasteiger charge is 2.15. The minimum Gasteiger partial charge on any atom is -0.456 e. The van der Waals surface area contributed by atoms with Gasteiger partial charge in [0.15, 0.2) is 0 Å². The highest BCUT2D eigenvalue weighted by molar-refractivity contribution is 5.67. The van der Waals surface area contributed by atoms with Crippen LogP contribution in [-0.2, 0) is 11.3 Å². The van der Waals surface area contributed by atoms with Gasteiger partial charge in [-0.3, -0.25) is 4.98 Å². The number of hydrogen-bond acceptors (Lipinski definition) is 4. The molecule has 5 nitrogen and oxygen atoms in total. The average molecular weight is 376 g/mol. The van der Waals surface area contributed by atoms with E-state index in [4.69, 9.17) is 9.47 Å². The molecule has 0 unspecified atom stereocenters. The summed E-state index contributed by atoms with van der Waals surface area (Å²) >= 11 is 0. The van der Waals surface area contributed by atoms with Crippen LogP contribution in [0.15, 0.2) is 73.1 Å². The lowest BCUT2D eigenvalue weighted by atomic mass is 10.1. The number of nitrogens with zero attached hydrogens (tertiary/aromatic N) is 1. The molecule has 1 aromatic heterocycles. The van der Waals surface area contributed by atoms with E-state index in [0.717, 1.165) is 16.7 Å². The first-order chi connectivity index (χ1) is 13.4. The number of rotatable bonds is 5. The summed E-state index contributed by atoms with van der Waals surface area (Å²) in [6.07, 6.45) is 3.04. The number of aromatic nitrogens is 1. The van der Waals surface area contributed by atoms with Crippen LogP contribution < -0.4 is 10.1 Å². The molecule has 1 heterocycles. The zero-order chi connectivity index (χ0) is 20.0. The average Bonchev–Trinajstić information content (AvgIpc) is 2.66. The third kappa shape index (κ3) is 5.84. The lowest BCUT2D eigenvalue weighted by Crippen LogP contribution is -2.32. The maximum Gasteiger partial charge on any atom is 0.407 e. The quantitative estimate of drug-likeness (QED) is 0.633. The number of pyridine rings is 1. The van der Waals surface area contributed by atoms with E-state index in [1.807, 2.05) is 87.6 Å². The molecule has 1 amide bonds. The fourth-order valence-corrected chi connectivity index (χ4v) is 2.61. The molecular formula is C23H24N2O3. The molecule has 0 saturated heterocycles. The van der Waals surface area contributed by atoms with Crippen molar-refractivity contribution in [3.8, 4) is 22.6 Å². The first-order valence-corrected chi connectivity index (χ1v) is 9.13. The Kier molecular flexibility index (Phi) is 5.94. The van der Waals surface area contributed by atoms with Crippen molar-refractivity contribution in [3.05, 3.63) is 78.6 Å². The van der Waals surface area contributed by atoms with Gasteiger partial charge in [-0.1, -0.05) is 42.5 Å². The Hall–Kier alpha value is -3.34. The van der Waals surface area contributed by atoms with E-state index in [1.165, 1.54) is 0 Å². The van der Waals surface area contributed by atoms with Crippen molar-refractivity contribution in [2.45, 2.75) is 32.9 Å². The predicted octanol–water partition coefficient (Wildman–Crippen LogP) is 5.57. The van der Waals surface area contributed by atoms with Crippen molar-refractivity contribution in [1.82, 2.24) is 10.3 Å². The lowest BCUT2D eigenvalue weighted by Gasteiger charge is -2.19. The molecule has 0 spiro atoms. The topological polar surface area (TPSA) is 60.5 Å². The molecule has 1 N–H and O–H groups in total. The number of ether oxygens (including phenoxy) is 2. The molecule has 2 aromatic carbocycles. The molecule has 144 valence electrons. The maximum absolute atomic E-state index is 11.8. The highest BCUT2D eigenvalue weighted by Crippen LogP contribution is 2.26. The Morgan fingerprint density at radius 2 is 1.71 bits per heavy atom. The van der Waals surface area contributed by atoms with Gasteiger partial charge in [-0.25, -0.2) is 4.79 Å². The smallest absolute Gasteiger partial charge is 0.407 e. The molecule has 0 bridgehead atoms. The van der Waals surface area contributed by atoms with Gasteiger partial charge in [0.25, 0.3) is 0 Å². The molecule has 0 fully saturated rings. The van der Waals surface area contributed by atoms with E-state index in [2.05, 4.69) is 10.3 Å². The number of benzene rings is 2. The lowest BCUT2D eigenvalue weighted by molar-refractivity contribution is 0.0523. The fourth-order valence-electron chi connectivity index (χ4n) is 2.61. The molecule has 28 heavy (non-hydrogen) atoms. The molecule has 3 rings (SSSR count). The highest BCUT2D eigenvalue weighted by atomic mass is 16.6. The summed E-state index contributed by atoms with van der Waals surface area (Å²) in [4.78, 5) is 16.1. The zero-order valence-electron chi connectivity index (χ0n) is 16.3. The zero-order valence-corrected chi connectivity index (χ0v) is 16.3. The van der Waals surface area contributed by atoms with Crippen LogP contribution in [0.2, 0.25) is 0 Å². The number of alkyl carbamates (subject to hydrolysis) is 1. The molecule has 0 aliphatic heterocycles. The van der Waals surface area contributed by atoms with Crippen LogP contribution in [0.3, 0.4) is 0 Å². The second-order valence-electron chi connectivity index (χ2n) is 7.38. The Morgan fingerprint density at radius 1 is 0.929 bits per heavy atom. The van der Waals surface area contributed by atoms with E-state index in [-0.39, 0.29) is 0 Å². The van der Waals surface area contributed by atoms with Crippen LogP contribution in [0.5, 0.6) is 11.5 Å². The van der Waals surface area contributed by atoms with Crippen molar-refractivity contribution in [1.29, 1.82) is 0 Å². The Balaban J connectivity index is 1.66. The van der Waals surface area contributed by atoms with Gasteiger partial charge in [-0.2, -0.15) is 0 Å². The maximum atomic E-state index is 11.8. The third-order valence-electron chi connectivity index (χ3n) is 3.79. The van der Waals surface area contributed by atoms with Crippen LogP contribution in [0, 0.1) is 0 Å². The van der Waals surface area contributed by atoms with Gasteiger partial charge in [0.1, 0.15) is 17.1 Å². The summed E-state index contributed by atoms with van der Waals surface area (Å²) in [5, 5.41) is 2.75. The Bertz CT molecular complexity index is 934. The number of hydrogen-bond donors (Lipinski definition) is 1. The van der Waals surface area contributed by atoms with Gasteiger partial charge in [-0.05, 0) is 50.1 Å². The van der Waals surface area contributed by atoms with Gasteiger partial charge in [0, 0.05) is 18.3 Å². The molecule has 3 aromatic rings. The standard InChI is InChI=1S/C23H24N2O3/c1-23(2,3)28-22(26)25-14-17-8-7-11-20(12-17)27-21-13-19(15-24-16-21)18-9-5-4-6-10-18/h4-13,15-16H,14H2,1-3H3,(H,25,26). The van der Waals surface area contributed by atoms with Gasteiger partial charge >= 0.3 is 6.09 Å². The second kappa shape index (κ2) is 8.57. The first kappa shape index (κ1) is 19.4. The van der Waals surface area contributed by atoms with Crippen molar-refractivity contribution < 1.29 is 14.3 Å². The van der Waals surface area contributed by atoms with E-state index in [0.29, 0.717) is 18.0 Å². The van der Waals surface area contributed by atoms with Gasteiger partial charge in [0.05, 0.1) is 6.20 Å². The minimum atomic E-state index is -0.522. The van der Waals surface area contributed by atoms with Crippen LogP contribution in [-0.4, -0.2) is 16.7 Å². The van der Waals surface area contributed by atoms with E-state index >= 15 is 0 Å². The second-order valence-corrected chi connectivity index (χ2v) is 7.38. The largest absolute Gasteiger partial charge is 0.456 e. The summed E-state index contributed by atoms with van der Waals surface area (Å²) in [6, 6.07) is 19.5. The van der Waals surface area contributed by atoms with Crippen molar-refractivity contribution in [3.63, 3.8) is 0 Å². The molecule has 5 heteroatoms. The van der Waals surface area contributed by atoms with Gasteiger partial charge in [0.2, 0.25) is 0 Å². The summed E-state index contributed by atoms with van der Waals surface area (Å²) in [7, 11) is 0. The minimum absolute atomic E-state index is 0.356. The van der Waals surface area contributed by atoms with E-state index < -0.39 is 11.7 Å². The van der Waals surface area contributed by atoms with Crippen molar-refractivity contribution >= 4 is 6.09 Å². The van der Waals surface area contributed by atoms with Crippen molar-refractivity contribution in [2.24, 2.45) is 0 Å². The van der Waals surface area contributed by atoms with Crippen LogP contribution in [0.25, 0.3) is 11.1 Å². The molecular weight excluding hydrogens is 352 g/mol. The molecule has 0 radical (unpaired) electrons. The Morgan fingerprint density at radius 3 is 2.46 bits per heavy atom. The first-order valence-electron chi connectivity index (χ1n) is 9.13. The van der Waals surface area contributed by atoms with Gasteiger partial charge in [-0.15, -0.1) is 0 Å². The van der Waals surface area contributed by atoms with E-state index in [1.54, 1.807) is 6.20 Å². The summed E-state index contributed by atoms with van der Waals surface area (Å²) in [5.41, 5.74) is 2.46. The molecule has 0 aliphatic carbocycles. The fraction of sp³-hybridized carbons (Fsp3) is 0.217. The summed E-state index contributed by atoms with van der Waals surface area (Å²) in [5.74, 6) is 1.33. The number of amides is 1. The van der Waals surface area contributed by atoms with Crippen LogP contribution >= 0.6 is 0 Å². The Labute approximate surface area is 165 Å². The normalized spacial score (nSPS) is 11.0. The van der Waals surface area contributed by atoms with Crippen LogP contribution in [0.1, 0.15) is 26.3 Å². The monoisotopic (exact) mass is 376 g/mol. The van der Waals surface area contributed by atoms with Crippen LogP contribution in [0.4, 0.5) is 4.79 Å². The third-order valence-corrected chi connectivity index (χ3v) is 3.79. The van der Waals surface area contributed by atoms with Crippen molar-refractivity contribution in [2.75, 3.05) is 0 Å². The predicted molar refractivity (Wildman–Crippen MR) is 109 cm³/mol. The summed E-state index contributed by atoms with van der Waals surface area (Å²) < 4.78 is 11.2. The SMILES string of the molecule is CC(C)(C)OC(=O)NCc1cccc(Oc2cncc(-c3ccccc3)c2)c1. The van der Waals surface area contributed by atoms with E-state index in [9.17, 15) is 4.79 Å². The number of nitrogens with one attached hydrogen (secondary N) is 1. The molecule has 0 aliphatic rings. The molecule has 0 atom stereocenters. The van der Waals surface area contributed by atoms with Gasteiger partial charge < -0.3 is 14.8 Å².